The van der Waals surface area contributed by atoms with Crippen molar-refractivity contribution >= 4 is 23.5 Å². The van der Waals surface area contributed by atoms with Crippen LogP contribution in [0.1, 0.15) is 16.8 Å². The van der Waals surface area contributed by atoms with Crippen LogP contribution in [0, 0.1) is 5.92 Å². The van der Waals surface area contributed by atoms with Gasteiger partial charge >= 0.3 is 5.97 Å². The Labute approximate surface area is 119 Å². The van der Waals surface area contributed by atoms with E-state index in [9.17, 15) is 9.59 Å². The maximum Gasteiger partial charge on any atom is 0.308 e. The van der Waals surface area contributed by atoms with E-state index in [4.69, 9.17) is 26.2 Å². The molecule has 0 saturated carbocycles. The Bertz CT molecular complexity index is 588. The summed E-state index contributed by atoms with van der Waals surface area (Å²) in [7, 11) is 0. The second-order valence-corrected chi connectivity index (χ2v) is 5.17. The quantitative estimate of drug-likeness (QED) is 0.897. The summed E-state index contributed by atoms with van der Waals surface area (Å²) >= 11 is 6.03. The maximum absolute atomic E-state index is 12.3. The monoisotopic (exact) mass is 297 g/mol. The first-order valence-electron chi connectivity index (χ1n) is 6.17. The van der Waals surface area contributed by atoms with Gasteiger partial charge in [-0.15, -0.1) is 0 Å². The lowest BCUT2D eigenvalue weighted by atomic mass is 10.1. The highest BCUT2D eigenvalue weighted by Gasteiger charge is 2.32. The van der Waals surface area contributed by atoms with Gasteiger partial charge in [-0.3, -0.25) is 9.59 Å². The van der Waals surface area contributed by atoms with Crippen LogP contribution in [-0.4, -0.2) is 41.8 Å². The molecule has 0 aromatic heterocycles. The molecular weight excluding hydrogens is 286 g/mol. The van der Waals surface area contributed by atoms with E-state index in [1.165, 1.54) is 11.0 Å². The van der Waals surface area contributed by atoms with Gasteiger partial charge in [0.15, 0.2) is 11.5 Å². The van der Waals surface area contributed by atoms with Crippen molar-refractivity contribution in [1.82, 2.24) is 4.90 Å². The number of likely N-dealkylation sites (tertiary alicyclic amines) is 1. The molecule has 1 unspecified atom stereocenters. The molecule has 20 heavy (non-hydrogen) atoms. The van der Waals surface area contributed by atoms with Crippen LogP contribution in [-0.2, 0) is 4.79 Å². The predicted molar refractivity (Wildman–Crippen MR) is 69.2 cm³/mol. The van der Waals surface area contributed by atoms with Gasteiger partial charge in [-0.2, -0.15) is 0 Å². The molecule has 1 saturated heterocycles. The molecular formula is C13H12ClNO5. The Morgan fingerprint density at radius 3 is 2.85 bits per heavy atom. The number of carbonyl (C=O) groups is 2. The van der Waals surface area contributed by atoms with Crippen LogP contribution in [0.2, 0.25) is 5.02 Å². The van der Waals surface area contributed by atoms with Gasteiger partial charge in [0, 0.05) is 18.7 Å². The largest absolute Gasteiger partial charge is 0.481 e. The van der Waals surface area contributed by atoms with Crippen LogP contribution in [0.3, 0.4) is 0 Å². The third-order valence-electron chi connectivity index (χ3n) is 3.50. The molecule has 1 fully saturated rings. The van der Waals surface area contributed by atoms with E-state index in [-0.39, 0.29) is 19.2 Å². The molecule has 1 amide bonds. The normalized spacial score (nSPS) is 20.2. The third kappa shape index (κ3) is 2.16. The van der Waals surface area contributed by atoms with Crippen molar-refractivity contribution in [3.8, 4) is 11.5 Å². The Kier molecular flexibility index (Phi) is 3.17. The molecule has 1 N–H and O–H groups in total. The van der Waals surface area contributed by atoms with Crippen LogP contribution >= 0.6 is 11.6 Å². The van der Waals surface area contributed by atoms with Gasteiger partial charge in [-0.05, 0) is 18.6 Å². The van der Waals surface area contributed by atoms with Gasteiger partial charge in [0.25, 0.3) is 5.91 Å². The zero-order chi connectivity index (χ0) is 14.3. The summed E-state index contributed by atoms with van der Waals surface area (Å²) in [6.07, 6.45) is 0.472. The van der Waals surface area contributed by atoms with Crippen molar-refractivity contribution < 1.29 is 24.2 Å². The number of carboxylic acid groups (broad SMARTS) is 1. The summed E-state index contributed by atoms with van der Waals surface area (Å²) in [5, 5.41) is 9.28. The molecule has 0 spiro atoms. The first kappa shape index (κ1) is 13.1. The number of rotatable bonds is 2. The van der Waals surface area contributed by atoms with Gasteiger partial charge in [0.05, 0.1) is 10.9 Å². The lowest BCUT2D eigenvalue weighted by molar-refractivity contribution is -0.141. The number of amides is 1. The number of halogens is 1. The number of carbonyl (C=O) groups excluding carboxylic acids is 1. The Morgan fingerprint density at radius 1 is 1.35 bits per heavy atom. The van der Waals surface area contributed by atoms with E-state index in [1.54, 1.807) is 6.07 Å². The fourth-order valence-electron chi connectivity index (χ4n) is 2.42. The lowest BCUT2D eigenvalue weighted by Crippen LogP contribution is -2.29. The van der Waals surface area contributed by atoms with Gasteiger partial charge in [-0.1, -0.05) is 11.6 Å². The molecule has 1 aromatic carbocycles. The average molecular weight is 298 g/mol. The molecule has 2 aliphatic heterocycles. The smallest absolute Gasteiger partial charge is 0.308 e. The topological polar surface area (TPSA) is 76.1 Å². The Balaban J connectivity index is 1.82. The number of aliphatic carboxylic acids is 1. The standard InChI is InChI=1S/C13H12ClNO5/c14-9-3-8(4-10-11(9)20-6-19-10)12(16)15-2-1-7(5-15)13(17)18/h3-4,7H,1-2,5-6H2,(H,17,18). The van der Waals surface area contributed by atoms with Crippen molar-refractivity contribution in [3.05, 3.63) is 22.7 Å². The van der Waals surface area contributed by atoms with Crippen LogP contribution in [0.4, 0.5) is 0 Å². The minimum absolute atomic E-state index is 0.0809. The molecule has 2 heterocycles. The molecule has 0 aliphatic carbocycles. The minimum atomic E-state index is -0.871. The van der Waals surface area contributed by atoms with Gasteiger partial charge in [0.1, 0.15) is 0 Å². The van der Waals surface area contributed by atoms with Gasteiger partial charge in [0.2, 0.25) is 6.79 Å². The van der Waals surface area contributed by atoms with Crippen LogP contribution in [0.5, 0.6) is 11.5 Å². The van der Waals surface area contributed by atoms with E-state index in [2.05, 4.69) is 0 Å². The fourth-order valence-corrected chi connectivity index (χ4v) is 2.68. The lowest BCUT2D eigenvalue weighted by Gasteiger charge is -2.16. The number of carboxylic acids is 1. The Hall–Kier alpha value is -1.95. The highest BCUT2D eigenvalue weighted by atomic mass is 35.5. The maximum atomic E-state index is 12.3. The molecule has 0 radical (unpaired) electrons. The van der Waals surface area contributed by atoms with Crippen LogP contribution in [0.25, 0.3) is 0 Å². The second-order valence-electron chi connectivity index (χ2n) is 4.77. The molecule has 6 nitrogen and oxygen atoms in total. The van der Waals surface area contributed by atoms with Crippen LogP contribution < -0.4 is 9.47 Å². The molecule has 1 atom stereocenters. The summed E-state index contributed by atoms with van der Waals surface area (Å²) in [5.74, 6) is -0.732. The van der Waals surface area contributed by atoms with Gasteiger partial charge in [-0.25, -0.2) is 0 Å². The number of ether oxygens (including phenoxy) is 2. The first-order valence-corrected chi connectivity index (χ1v) is 6.55. The summed E-state index contributed by atoms with van der Waals surface area (Å²) in [6, 6.07) is 3.09. The molecule has 106 valence electrons. The fraction of sp³-hybridized carbons (Fsp3) is 0.385. The number of nitrogens with zero attached hydrogens (tertiary/aromatic N) is 1. The second kappa shape index (κ2) is 4.86. The van der Waals surface area contributed by atoms with Gasteiger partial charge < -0.3 is 19.5 Å². The molecule has 3 rings (SSSR count). The minimum Gasteiger partial charge on any atom is -0.481 e. The first-order chi connectivity index (χ1) is 9.56. The third-order valence-corrected chi connectivity index (χ3v) is 3.78. The highest BCUT2D eigenvalue weighted by molar-refractivity contribution is 6.32. The van der Waals surface area contributed by atoms with E-state index in [1.807, 2.05) is 0 Å². The molecule has 2 aliphatic rings. The van der Waals surface area contributed by atoms with Crippen molar-refractivity contribution in [2.24, 2.45) is 5.92 Å². The van der Waals surface area contributed by atoms with E-state index >= 15 is 0 Å². The SMILES string of the molecule is O=C(O)C1CCN(C(=O)c2cc(Cl)c3c(c2)OCO3)C1. The highest BCUT2D eigenvalue weighted by Crippen LogP contribution is 2.40. The molecule has 7 heteroatoms. The molecule has 1 aromatic rings. The van der Waals surface area contributed by atoms with Crippen molar-refractivity contribution in [2.75, 3.05) is 19.9 Å². The summed E-state index contributed by atoms with van der Waals surface area (Å²) in [5.41, 5.74) is 0.380. The van der Waals surface area contributed by atoms with Crippen molar-refractivity contribution in [3.63, 3.8) is 0 Å². The van der Waals surface area contributed by atoms with Crippen LogP contribution in [0.15, 0.2) is 12.1 Å². The summed E-state index contributed by atoms with van der Waals surface area (Å²) < 4.78 is 10.4. The predicted octanol–water partition coefficient (Wildman–Crippen LogP) is 1.62. The van der Waals surface area contributed by atoms with E-state index in [0.717, 1.165) is 0 Å². The van der Waals surface area contributed by atoms with Crippen molar-refractivity contribution in [1.29, 1.82) is 0 Å². The Morgan fingerprint density at radius 2 is 2.15 bits per heavy atom. The summed E-state index contributed by atoms with van der Waals surface area (Å²) in [6.45, 7) is 0.736. The zero-order valence-electron chi connectivity index (χ0n) is 10.5. The number of hydrogen-bond acceptors (Lipinski definition) is 4. The van der Waals surface area contributed by atoms with Crippen molar-refractivity contribution in [2.45, 2.75) is 6.42 Å². The number of hydrogen-bond donors (Lipinski definition) is 1. The zero-order valence-corrected chi connectivity index (χ0v) is 11.2. The molecule has 0 bridgehead atoms. The van der Waals surface area contributed by atoms with E-state index in [0.29, 0.717) is 35.1 Å². The van der Waals surface area contributed by atoms with E-state index < -0.39 is 11.9 Å². The number of fused-ring (bicyclic) bond motifs is 1. The average Bonchev–Trinajstić information content (AvgIpc) is 3.06. The number of benzene rings is 1. The summed E-state index contributed by atoms with van der Waals surface area (Å²) in [4.78, 5) is 24.8.